The standard InChI is InChI=1S/C29H18O2/c30-29(26-13-5-10-19-7-3-4-12-25(19)26)31-28-14-6-11-22-17-23-15-20-8-1-2-9-21(20)16-24(23)18-27(22)28/h1-18H. The van der Waals surface area contributed by atoms with Crippen LogP contribution in [0.4, 0.5) is 0 Å². The lowest BCUT2D eigenvalue weighted by atomic mass is 9.99. The summed E-state index contributed by atoms with van der Waals surface area (Å²) < 4.78 is 5.92. The molecule has 0 aliphatic carbocycles. The van der Waals surface area contributed by atoms with Gasteiger partial charge in [-0.2, -0.15) is 0 Å². The van der Waals surface area contributed by atoms with Gasteiger partial charge in [-0.05, 0) is 74.1 Å². The Balaban J connectivity index is 1.48. The second-order valence-corrected chi connectivity index (χ2v) is 7.79. The summed E-state index contributed by atoms with van der Waals surface area (Å²) in [7, 11) is 0. The number of esters is 1. The number of rotatable bonds is 2. The molecule has 0 saturated heterocycles. The molecule has 31 heavy (non-hydrogen) atoms. The summed E-state index contributed by atoms with van der Waals surface area (Å²) in [5, 5.41) is 8.60. The Morgan fingerprint density at radius 3 is 1.87 bits per heavy atom. The van der Waals surface area contributed by atoms with E-state index in [4.69, 9.17) is 4.74 Å². The summed E-state index contributed by atoms with van der Waals surface area (Å²) in [4.78, 5) is 13.1. The van der Waals surface area contributed by atoms with E-state index in [1.165, 1.54) is 16.2 Å². The molecule has 6 aromatic carbocycles. The van der Waals surface area contributed by atoms with Crippen LogP contribution in [0.1, 0.15) is 10.4 Å². The third-order valence-electron chi connectivity index (χ3n) is 5.87. The van der Waals surface area contributed by atoms with Gasteiger partial charge in [0.05, 0.1) is 5.56 Å². The Labute approximate surface area is 179 Å². The number of carbonyl (C=O) groups excluding carboxylic acids is 1. The smallest absolute Gasteiger partial charge is 0.344 e. The van der Waals surface area contributed by atoms with Gasteiger partial charge >= 0.3 is 5.97 Å². The Morgan fingerprint density at radius 2 is 1.06 bits per heavy atom. The first-order valence-corrected chi connectivity index (χ1v) is 10.3. The maximum atomic E-state index is 13.1. The van der Waals surface area contributed by atoms with Crippen LogP contribution in [0.2, 0.25) is 0 Å². The first-order chi connectivity index (χ1) is 15.3. The molecule has 0 radical (unpaired) electrons. The van der Waals surface area contributed by atoms with Crippen molar-refractivity contribution in [2.75, 3.05) is 0 Å². The minimum Gasteiger partial charge on any atom is -0.422 e. The van der Waals surface area contributed by atoms with Gasteiger partial charge < -0.3 is 4.74 Å². The van der Waals surface area contributed by atoms with Gasteiger partial charge in [0.15, 0.2) is 0 Å². The molecule has 6 aromatic rings. The maximum Gasteiger partial charge on any atom is 0.344 e. The fraction of sp³-hybridized carbons (Fsp3) is 0. The average molecular weight is 398 g/mol. The van der Waals surface area contributed by atoms with Crippen molar-refractivity contribution in [1.29, 1.82) is 0 Å². The van der Waals surface area contributed by atoms with E-state index in [0.29, 0.717) is 11.3 Å². The normalized spacial score (nSPS) is 11.4. The van der Waals surface area contributed by atoms with Gasteiger partial charge in [0, 0.05) is 5.39 Å². The van der Waals surface area contributed by atoms with Gasteiger partial charge in [0.25, 0.3) is 0 Å². The van der Waals surface area contributed by atoms with Crippen molar-refractivity contribution in [1.82, 2.24) is 0 Å². The van der Waals surface area contributed by atoms with Gasteiger partial charge in [0.1, 0.15) is 5.75 Å². The Morgan fingerprint density at radius 1 is 0.484 bits per heavy atom. The second kappa shape index (κ2) is 6.96. The third kappa shape index (κ3) is 3.01. The highest BCUT2D eigenvalue weighted by Crippen LogP contribution is 2.33. The van der Waals surface area contributed by atoms with E-state index in [1.54, 1.807) is 0 Å². The summed E-state index contributed by atoms with van der Waals surface area (Å²) in [6.45, 7) is 0. The van der Waals surface area contributed by atoms with E-state index in [2.05, 4.69) is 48.5 Å². The van der Waals surface area contributed by atoms with Crippen LogP contribution >= 0.6 is 0 Å². The minimum absolute atomic E-state index is 0.345. The lowest BCUT2D eigenvalue weighted by molar-refractivity contribution is 0.0739. The molecule has 0 unspecified atom stereocenters. The average Bonchev–Trinajstić information content (AvgIpc) is 2.81. The number of benzene rings is 6. The van der Waals surface area contributed by atoms with Crippen LogP contribution in [0, 0.1) is 0 Å². The largest absolute Gasteiger partial charge is 0.422 e. The summed E-state index contributed by atoms with van der Waals surface area (Å²) in [5.41, 5.74) is 0.571. The number of ether oxygens (including phenoxy) is 1. The number of carbonyl (C=O) groups is 1. The zero-order valence-corrected chi connectivity index (χ0v) is 16.7. The van der Waals surface area contributed by atoms with Crippen molar-refractivity contribution in [2.45, 2.75) is 0 Å². The summed E-state index contributed by atoms with van der Waals surface area (Å²) in [5.74, 6) is 0.230. The number of hydrogen-bond acceptors (Lipinski definition) is 2. The van der Waals surface area contributed by atoms with Gasteiger partial charge in [0.2, 0.25) is 0 Å². The van der Waals surface area contributed by atoms with Crippen molar-refractivity contribution in [2.24, 2.45) is 0 Å². The summed E-state index contributed by atoms with van der Waals surface area (Å²) >= 11 is 0. The molecular weight excluding hydrogens is 380 g/mol. The van der Waals surface area contributed by atoms with Gasteiger partial charge in [-0.1, -0.05) is 72.8 Å². The van der Waals surface area contributed by atoms with E-state index in [-0.39, 0.29) is 5.97 Å². The van der Waals surface area contributed by atoms with Crippen molar-refractivity contribution >= 4 is 49.1 Å². The van der Waals surface area contributed by atoms with Crippen LogP contribution in [-0.4, -0.2) is 5.97 Å². The summed E-state index contributed by atoms with van der Waals surface area (Å²) in [6.07, 6.45) is 0. The maximum absolute atomic E-state index is 13.1. The Hall–Kier alpha value is -4.17. The van der Waals surface area contributed by atoms with E-state index < -0.39 is 0 Å². The predicted molar refractivity (Wildman–Crippen MR) is 128 cm³/mol. The molecule has 0 bridgehead atoms. The molecule has 0 aromatic heterocycles. The highest BCUT2D eigenvalue weighted by atomic mass is 16.5. The van der Waals surface area contributed by atoms with E-state index in [1.807, 2.05) is 60.7 Å². The lowest BCUT2D eigenvalue weighted by Gasteiger charge is -2.11. The van der Waals surface area contributed by atoms with E-state index in [0.717, 1.165) is 26.9 Å². The van der Waals surface area contributed by atoms with Crippen LogP contribution in [0.25, 0.3) is 43.1 Å². The Bertz CT molecular complexity index is 1620. The molecule has 0 N–H and O–H groups in total. The SMILES string of the molecule is O=C(Oc1cccc2cc3cc4ccccc4cc3cc12)c1cccc2ccccc12. The molecule has 6 rings (SSSR count). The van der Waals surface area contributed by atoms with E-state index in [9.17, 15) is 4.79 Å². The Kier molecular flexibility index (Phi) is 3.97. The van der Waals surface area contributed by atoms with Crippen LogP contribution in [-0.2, 0) is 0 Å². The van der Waals surface area contributed by atoms with Gasteiger partial charge in [-0.25, -0.2) is 4.79 Å². The van der Waals surface area contributed by atoms with Crippen molar-refractivity contribution < 1.29 is 9.53 Å². The van der Waals surface area contributed by atoms with Crippen LogP contribution < -0.4 is 4.74 Å². The number of hydrogen-bond donors (Lipinski definition) is 0. The predicted octanol–water partition coefficient (Wildman–Crippen LogP) is 7.52. The number of fused-ring (bicyclic) bond motifs is 4. The first kappa shape index (κ1) is 17.7. The highest BCUT2D eigenvalue weighted by Gasteiger charge is 2.14. The van der Waals surface area contributed by atoms with E-state index >= 15 is 0 Å². The molecule has 2 heteroatoms. The monoisotopic (exact) mass is 398 g/mol. The molecule has 0 saturated carbocycles. The second-order valence-electron chi connectivity index (χ2n) is 7.79. The molecule has 0 atom stereocenters. The van der Waals surface area contributed by atoms with Gasteiger partial charge in [-0.15, -0.1) is 0 Å². The fourth-order valence-corrected chi connectivity index (χ4v) is 4.34. The molecule has 0 heterocycles. The minimum atomic E-state index is -0.345. The topological polar surface area (TPSA) is 26.3 Å². The van der Waals surface area contributed by atoms with Gasteiger partial charge in [-0.3, -0.25) is 0 Å². The van der Waals surface area contributed by atoms with Crippen LogP contribution in [0.5, 0.6) is 5.75 Å². The lowest BCUT2D eigenvalue weighted by Crippen LogP contribution is -2.09. The molecular formula is C29H18O2. The fourth-order valence-electron chi connectivity index (χ4n) is 4.34. The van der Waals surface area contributed by atoms with Crippen molar-refractivity contribution in [3.63, 3.8) is 0 Å². The molecule has 0 fully saturated rings. The highest BCUT2D eigenvalue weighted by molar-refractivity contribution is 6.08. The quantitative estimate of drug-likeness (QED) is 0.171. The zero-order valence-electron chi connectivity index (χ0n) is 16.7. The molecule has 0 aliphatic heterocycles. The third-order valence-corrected chi connectivity index (χ3v) is 5.87. The van der Waals surface area contributed by atoms with Crippen LogP contribution in [0.3, 0.4) is 0 Å². The summed E-state index contributed by atoms with van der Waals surface area (Å²) in [6, 6.07) is 36.4. The zero-order chi connectivity index (χ0) is 20.8. The first-order valence-electron chi connectivity index (χ1n) is 10.3. The van der Waals surface area contributed by atoms with Crippen molar-refractivity contribution in [3.05, 3.63) is 115 Å². The van der Waals surface area contributed by atoms with Crippen LogP contribution in [0.15, 0.2) is 109 Å². The molecule has 0 amide bonds. The molecule has 146 valence electrons. The molecule has 0 aliphatic rings. The van der Waals surface area contributed by atoms with Crippen molar-refractivity contribution in [3.8, 4) is 5.75 Å². The molecule has 0 spiro atoms. The molecule has 2 nitrogen and oxygen atoms in total.